The first-order valence-electron chi connectivity index (χ1n) is 8.72. The van der Waals surface area contributed by atoms with Gasteiger partial charge < -0.3 is 4.74 Å². The molecule has 0 atom stereocenters. The molecule has 0 N–H and O–H groups in total. The molecular weight excluding hydrogens is 364 g/mol. The highest BCUT2D eigenvalue weighted by atomic mass is 32.2. The number of aromatic nitrogens is 3. The number of hydrogen-bond donors (Lipinski definition) is 0. The van der Waals surface area contributed by atoms with Gasteiger partial charge in [0, 0.05) is 18.7 Å². The van der Waals surface area contributed by atoms with E-state index in [1.807, 2.05) is 42.5 Å². The molecule has 0 radical (unpaired) electrons. The van der Waals surface area contributed by atoms with Gasteiger partial charge in [0.05, 0.1) is 30.0 Å². The Morgan fingerprint density at radius 2 is 1.78 bits per heavy atom. The summed E-state index contributed by atoms with van der Waals surface area (Å²) in [6.45, 7) is 3.39. The van der Waals surface area contributed by atoms with Gasteiger partial charge in [0.1, 0.15) is 5.69 Å². The van der Waals surface area contributed by atoms with E-state index in [9.17, 15) is 8.42 Å². The van der Waals surface area contributed by atoms with Crippen molar-refractivity contribution >= 4 is 10.0 Å². The number of hydrogen-bond acceptors (Lipinski definition) is 5. The molecule has 0 unspecified atom stereocenters. The van der Waals surface area contributed by atoms with E-state index in [-0.39, 0.29) is 0 Å². The standard InChI is InChI=1S/C19H20N4O3S/c1-15-7-8-16(13-19(15)27(24,25)22-9-11-26-12-10-22)18-14-23(21-20-18)17-5-3-2-4-6-17/h2-8,13-14H,9-12H2,1H3. The Balaban J connectivity index is 1.70. The van der Waals surface area contributed by atoms with Gasteiger partial charge in [-0.25, -0.2) is 13.1 Å². The van der Waals surface area contributed by atoms with Crippen LogP contribution in [0.1, 0.15) is 5.56 Å². The van der Waals surface area contributed by atoms with Gasteiger partial charge in [-0.05, 0) is 30.7 Å². The van der Waals surface area contributed by atoms with E-state index < -0.39 is 10.0 Å². The fourth-order valence-corrected chi connectivity index (χ4v) is 4.73. The zero-order valence-electron chi connectivity index (χ0n) is 14.9. The highest BCUT2D eigenvalue weighted by Crippen LogP contribution is 2.27. The van der Waals surface area contributed by atoms with Gasteiger partial charge in [-0.15, -0.1) is 5.10 Å². The summed E-state index contributed by atoms with van der Waals surface area (Å²) in [5, 5.41) is 8.37. The van der Waals surface area contributed by atoms with Crippen molar-refractivity contribution in [2.24, 2.45) is 0 Å². The molecule has 2 heterocycles. The first-order chi connectivity index (χ1) is 13.1. The van der Waals surface area contributed by atoms with Crippen LogP contribution in [-0.4, -0.2) is 54.0 Å². The maximum atomic E-state index is 13.0. The van der Waals surface area contributed by atoms with Crippen molar-refractivity contribution in [1.29, 1.82) is 0 Å². The normalized spacial score (nSPS) is 15.7. The van der Waals surface area contributed by atoms with Crippen LogP contribution >= 0.6 is 0 Å². The number of para-hydroxylation sites is 1. The number of rotatable bonds is 4. The number of benzene rings is 2. The Labute approximate surface area is 158 Å². The molecule has 1 aromatic heterocycles. The maximum absolute atomic E-state index is 13.0. The highest BCUT2D eigenvalue weighted by molar-refractivity contribution is 7.89. The number of sulfonamides is 1. The molecule has 2 aromatic carbocycles. The van der Waals surface area contributed by atoms with Crippen LogP contribution < -0.4 is 0 Å². The van der Waals surface area contributed by atoms with Crippen molar-refractivity contribution in [2.75, 3.05) is 26.3 Å². The van der Waals surface area contributed by atoms with Crippen LogP contribution in [0.15, 0.2) is 59.6 Å². The van der Waals surface area contributed by atoms with Crippen LogP contribution in [0.4, 0.5) is 0 Å². The first-order valence-corrected chi connectivity index (χ1v) is 10.2. The Hall–Kier alpha value is -2.55. The molecule has 0 aliphatic carbocycles. The molecule has 0 amide bonds. The Bertz CT molecular complexity index is 1040. The lowest BCUT2D eigenvalue weighted by Gasteiger charge is -2.26. The minimum absolute atomic E-state index is 0.302. The van der Waals surface area contributed by atoms with E-state index in [4.69, 9.17) is 4.74 Å². The lowest BCUT2D eigenvalue weighted by molar-refractivity contribution is 0.0730. The van der Waals surface area contributed by atoms with Crippen LogP contribution in [0, 0.1) is 6.92 Å². The Kier molecular flexibility index (Phi) is 4.77. The first kappa shape index (κ1) is 17.8. The maximum Gasteiger partial charge on any atom is 0.243 e. The van der Waals surface area contributed by atoms with Crippen molar-refractivity contribution in [2.45, 2.75) is 11.8 Å². The zero-order valence-corrected chi connectivity index (χ0v) is 15.8. The molecule has 1 fully saturated rings. The minimum Gasteiger partial charge on any atom is -0.379 e. The summed E-state index contributed by atoms with van der Waals surface area (Å²) in [5.41, 5.74) is 2.94. The number of ether oxygens (including phenoxy) is 1. The SMILES string of the molecule is Cc1ccc(-c2cn(-c3ccccc3)nn2)cc1S(=O)(=O)N1CCOCC1. The van der Waals surface area contributed by atoms with Gasteiger partial charge in [0.25, 0.3) is 0 Å². The van der Waals surface area contributed by atoms with Crippen molar-refractivity contribution in [3.63, 3.8) is 0 Å². The summed E-state index contributed by atoms with van der Waals surface area (Å²) in [5.74, 6) is 0. The van der Waals surface area contributed by atoms with Gasteiger partial charge in [0.15, 0.2) is 0 Å². The molecule has 0 spiro atoms. The Morgan fingerprint density at radius 3 is 2.52 bits per heavy atom. The average molecular weight is 384 g/mol. The lowest BCUT2D eigenvalue weighted by atomic mass is 10.1. The van der Waals surface area contributed by atoms with E-state index in [1.165, 1.54) is 4.31 Å². The molecule has 0 bridgehead atoms. The van der Waals surface area contributed by atoms with E-state index >= 15 is 0 Å². The van der Waals surface area contributed by atoms with Crippen LogP contribution in [-0.2, 0) is 14.8 Å². The third kappa shape index (κ3) is 3.51. The molecule has 7 nitrogen and oxygen atoms in total. The summed E-state index contributed by atoms with van der Waals surface area (Å²) >= 11 is 0. The van der Waals surface area contributed by atoms with Crippen LogP contribution in [0.5, 0.6) is 0 Å². The van der Waals surface area contributed by atoms with Crippen molar-refractivity contribution in [3.8, 4) is 16.9 Å². The van der Waals surface area contributed by atoms with Gasteiger partial charge in [0.2, 0.25) is 10.0 Å². The van der Waals surface area contributed by atoms with Crippen LogP contribution in [0.3, 0.4) is 0 Å². The smallest absolute Gasteiger partial charge is 0.243 e. The molecule has 27 heavy (non-hydrogen) atoms. The second-order valence-electron chi connectivity index (χ2n) is 6.38. The van der Waals surface area contributed by atoms with Gasteiger partial charge in [-0.1, -0.05) is 35.5 Å². The molecule has 3 aromatic rings. The molecule has 0 saturated carbocycles. The van der Waals surface area contributed by atoms with E-state index in [2.05, 4.69) is 10.3 Å². The summed E-state index contributed by atoms with van der Waals surface area (Å²) in [4.78, 5) is 0.302. The van der Waals surface area contributed by atoms with Gasteiger partial charge in [-0.2, -0.15) is 4.31 Å². The third-order valence-electron chi connectivity index (χ3n) is 4.59. The molecule has 140 valence electrons. The van der Waals surface area contributed by atoms with E-state index in [0.29, 0.717) is 42.5 Å². The fraction of sp³-hybridized carbons (Fsp3) is 0.263. The van der Waals surface area contributed by atoms with Gasteiger partial charge >= 0.3 is 0 Å². The predicted molar refractivity (Wildman–Crippen MR) is 101 cm³/mol. The number of nitrogens with zero attached hydrogens (tertiary/aromatic N) is 4. The summed E-state index contributed by atoms with van der Waals surface area (Å²) in [6, 6.07) is 15.0. The summed E-state index contributed by atoms with van der Waals surface area (Å²) < 4.78 is 34.5. The number of aryl methyl sites for hydroxylation is 1. The Morgan fingerprint density at radius 1 is 1.04 bits per heavy atom. The van der Waals surface area contributed by atoms with Gasteiger partial charge in [-0.3, -0.25) is 0 Å². The third-order valence-corrected chi connectivity index (χ3v) is 6.63. The van der Waals surface area contributed by atoms with Crippen molar-refractivity contribution in [1.82, 2.24) is 19.3 Å². The topological polar surface area (TPSA) is 77.3 Å². The minimum atomic E-state index is -3.57. The quantitative estimate of drug-likeness (QED) is 0.690. The van der Waals surface area contributed by atoms with E-state index in [0.717, 1.165) is 11.3 Å². The van der Waals surface area contributed by atoms with E-state index in [1.54, 1.807) is 23.9 Å². The molecule has 8 heteroatoms. The highest BCUT2D eigenvalue weighted by Gasteiger charge is 2.28. The number of morpholine rings is 1. The molecule has 1 saturated heterocycles. The van der Waals surface area contributed by atoms with Crippen LogP contribution in [0.2, 0.25) is 0 Å². The fourth-order valence-electron chi connectivity index (χ4n) is 3.07. The van der Waals surface area contributed by atoms with Crippen LogP contribution in [0.25, 0.3) is 16.9 Å². The van der Waals surface area contributed by atoms with Crippen molar-refractivity contribution < 1.29 is 13.2 Å². The average Bonchev–Trinajstić information content (AvgIpc) is 3.20. The zero-order chi connectivity index (χ0) is 18.9. The monoisotopic (exact) mass is 384 g/mol. The molecule has 1 aliphatic heterocycles. The summed E-state index contributed by atoms with van der Waals surface area (Å²) in [6.07, 6.45) is 1.80. The molecule has 4 rings (SSSR count). The predicted octanol–water partition coefficient (Wildman–Crippen LogP) is 2.26. The molecular formula is C19H20N4O3S. The second kappa shape index (κ2) is 7.22. The lowest BCUT2D eigenvalue weighted by Crippen LogP contribution is -2.40. The second-order valence-corrected chi connectivity index (χ2v) is 8.29. The molecule has 1 aliphatic rings. The summed E-state index contributed by atoms with van der Waals surface area (Å²) in [7, 11) is -3.57. The van der Waals surface area contributed by atoms with Crippen molar-refractivity contribution in [3.05, 3.63) is 60.3 Å². The largest absolute Gasteiger partial charge is 0.379 e.